The molecule has 0 aliphatic carbocycles. The summed E-state index contributed by atoms with van der Waals surface area (Å²) in [7, 11) is 0. The van der Waals surface area contributed by atoms with E-state index in [2.05, 4.69) is 45.6 Å². The molecule has 0 saturated carbocycles. The van der Waals surface area contributed by atoms with Crippen molar-refractivity contribution in [1.29, 1.82) is 0 Å². The van der Waals surface area contributed by atoms with Crippen molar-refractivity contribution in [3.8, 4) is 0 Å². The van der Waals surface area contributed by atoms with Crippen LogP contribution < -0.4 is 0 Å². The standard InChI is InChI=1S/C28H57NO4.C12H24/c1-3-4-5-6-7-14-19-26-33-28(32)21-16-11-9-13-18-23-29(24-25-30)22-17-12-8-10-15-20-27(2)31;1-5-7-8-9-12(4)10-11(3)6-2/h28,30,32H,3-26H2,1-2H3;6,12H,5,7-10H2,1-4H3/b;11-6-. The van der Waals surface area contributed by atoms with E-state index in [4.69, 9.17) is 4.74 Å². The summed E-state index contributed by atoms with van der Waals surface area (Å²) in [5, 5.41) is 19.3. The molecular formula is C40H81NO4. The zero-order chi connectivity index (χ0) is 33.8. The second kappa shape index (κ2) is 37.7. The highest BCUT2D eigenvalue weighted by molar-refractivity contribution is 5.75. The van der Waals surface area contributed by atoms with Gasteiger partial charge >= 0.3 is 0 Å². The fourth-order valence-electron chi connectivity index (χ4n) is 5.78. The van der Waals surface area contributed by atoms with Gasteiger partial charge < -0.3 is 24.6 Å². The lowest BCUT2D eigenvalue weighted by molar-refractivity contribution is -0.117. The molecule has 0 aromatic rings. The molecule has 0 fully saturated rings. The van der Waals surface area contributed by atoms with Gasteiger partial charge in [-0.05, 0) is 84.7 Å². The second-order valence-electron chi connectivity index (χ2n) is 13.7. The quantitative estimate of drug-likeness (QED) is 0.0425. The smallest absolute Gasteiger partial charge is 0.154 e. The van der Waals surface area contributed by atoms with Gasteiger partial charge in [0.1, 0.15) is 5.78 Å². The molecule has 0 aliphatic heterocycles. The lowest BCUT2D eigenvalue weighted by Gasteiger charge is -2.21. The number of aliphatic hydroxyl groups excluding tert-OH is 2. The zero-order valence-electron chi connectivity index (χ0n) is 31.4. The van der Waals surface area contributed by atoms with Crippen molar-refractivity contribution in [3.05, 3.63) is 11.6 Å². The van der Waals surface area contributed by atoms with Crippen molar-refractivity contribution < 1.29 is 19.7 Å². The van der Waals surface area contributed by atoms with E-state index in [-0.39, 0.29) is 6.61 Å². The Balaban J connectivity index is 0. The Labute approximate surface area is 282 Å². The number of rotatable bonds is 33. The average molecular weight is 640 g/mol. The van der Waals surface area contributed by atoms with Crippen LogP contribution in [0.1, 0.15) is 196 Å². The molecule has 5 nitrogen and oxygen atoms in total. The molecule has 45 heavy (non-hydrogen) atoms. The first kappa shape index (κ1) is 46.4. The summed E-state index contributed by atoms with van der Waals surface area (Å²) in [5.74, 6) is 1.18. The molecule has 0 saturated heterocycles. The molecule has 0 aliphatic rings. The molecule has 0 rings (SSSR count). The van der Waals surface area contributed by atoms with E-state index >= 15 is 0 Å². The maximum absolute atomic E-state index is 10.9. The molecule has 2 unspecified atom stereocenters. The summed E-state index contributed by atoms with van der Waals surface area (Å²) >= 11 is 0. The van der Waals surface area contributed by atoms with Gasteiger partial charge in [0.25, 0.3) is 0 Å². The van der Waals surface area contributed by atoms with E-state index in [0.29, 0.717) is 12.4 Å². The molecule has 2 N–H and O–H groups in total. The van der Waals surface area contributed by atoms with Crippen molar-refractivity contribution in [2.75, 3.05) is 32.8 Å². The number of Topliss-reactive ketones (excluding diaryl/α,β-unsaturated/α-hetero) is 1. The van der Waals surface area contributed by atoms with Gasteiger partial charge in [0.15, 0.2) is 6.29 Å². The lowest BCUT2D eigenvalue weighted by Crippen LogP contribution is -2.29. The highest BCUT2D eigenvalue weighted by Crippen LogP contribution is 2.17. The van der Waals surface area contributed by atoms with Crippen LogP contribution in [0.25, 0.3) is 0 Å². The predicted octanol–water partition coefficient (Wildman–Crippen LogP) is 11.2. The Morgan fingerprint density at radius 1 is 0.689 bits per heavy atom. The minimum atomic E-state index is -0.590. The van der Waals surface area contributed by atoms with E-state index in [0.717, 1.165) is 70.5 Å². The van der Waals surface area contributed by atoms with Crippen molar-refractivity contribution in [2.45, 2.75) is 202 Å². The van der Waals surface area contributed by atoms with Gasteiger partial charge in [-0.1, -0.05) is 135 Å². The van der Waals surface area contributed by atoms with Crippen molar-refractivity contribution in [2.24, 2.45) is 5.92 Å². The second-order valence-corrected chi connectivity index (χ2v) is 13.7. The van der Waals surface area contributed by atoms with Crippen LogP contribution in [0.3, 0.4) is 0 Å². The molecule has 0 aromatic carbocycles. The van der Waals surface area contributed by atoms with Crippen LogP contribution in [0.5, 0.6) is 0 Å². The Morgan fingerprint density at radius 3 is 1.73 bits per heavy atom. The van der Waals surface area contributed by atoms with Gasteiger partial charge in [0.2, 0.25) is 0 Å². The third-order valence-electron chi connectivity index (χ3n) is 8.87. The first-order valence-corrected chi connectivity index (χ1v) is 19.5. The number of ketones is 1. The molecule has 0 aromatic heterocycles. The van der Waals surface area contributed by atoms with Crippen molar-refractivity contribution >= 4 is 5.78 Å². The number of carbonyl (C=O) groups excluding carboxylic acids is 1. The number of aliphatic hydroxyl groups is 2. The normalized spacial score (nSPS) is 13.1. The van der Waals surface area contributed by atoms with Crippen molar-refractivity contribution in [1.82, 2.24) is 4.90 Å². The number of hydrogen-bond acceptors (Lipinski definition) is 5. The fourth-order valence-corrected chi connectivity index (χ4v) is 5.78. The molecular weight excluding hydrogens is 558 g/mol. The fraction of sp³-hybridized carbons (Fsp3) is 0.925. The van der Waals surface area contributed by atoms with E-state index in [1.807, 2.05) is 0 Å². The molecule has 0 amide bonds. The van der Waals surface area contributed by atoms with E-state index in [1.165, 1.54) is 109 Å². The van der Waals surface area contributed by atoms with Gasteiger partial charge in [-0.3, -0.25) is 0 Å². The van der Waals surface area contributed by atoms with Gasteiger partial charge in [0.05, 0.1) is 6.61 Å². The van der Waals surface area contributed by atoms with Crippen LogP contribution in [0.4, 0.5) is 0 Å². The maximum Gasteiger partial charge on any atom is 0.154 e. The number of unbranched alkanes of at least 4 members (excludes halogenated alkanes) is 16. The molecule has 0 bridgehead atoms. The van der Waals surface area contributed by atoms with Gasteiger partial charge in [-0.2, -0.15) is 0 Å². The summed E-state index contributed by atoms with van der Waals surface area (Å²) in [6, 6.07) is 0. The Kier molecular flexibility index (Phi) is 38.9. The summed E-state index contributed by atoms with van der Waals surface area (Å²) in [6.07, 6.45) is 30.4. The first-order valence-electron chi connectivity index (χ1n) is 19.5. The average Bonchev–Trinajstić information content (AvgIpc) is 3.01. The number of ether oxygens (including phenoxy) is 1. The third kappa shape index (κ3) is 39.3. The molecule has 0 heterocycles. The van der Waals surface area contributed by atoms with E-state index < -0.39 is 6.29 Å². The van der Waals surface area contributed by atoms with Crippen LogP contribution in [0.2, 0.25) is 0 Å². The molecule has 2 atom stereocenters. The van der Waals surface area contributed by atoms with Gasteiger partial charge in [-0.15, -0.1) is 0 Å². The SMILES string of the molecule is C/C=C(/C)CC(C)CCCCC.CCCCCCCCCOC(O)CCCCCCCN(CCO)CCCCCCCC(C)=O. The number of allylic oxidation sites excluding steroid dienone is 2. The van der Waals surface area contributed by atoms with E-state index in [1.54, 1.807) is 12.5 Å². The van der Waals surface area contributed by atoms with Crippen LogP contribution in [-0.4, -0.2) is 60.0 Å². The largest absolute Gasteiger partial charge is 0.395 e. The topological polar surface area (TPSA) is 70.0 Å². The minimum Gasteiger partial charge on any atom is -0.395 e. The van der Waals surface area contributed by atoms with Crippen molar-refractivity contribution in [3.63, 3.8) is 0 Å². The number of nitrogens with zero attached hydrogens (tertiary/aromatic N) is 1. The summed E-state index contributed by atoms with van der Waals surface area (Å²) < 4.78 is 5.54. The minimum absolute atomic E-state index is 0.232. The van der Waals surface area contributed by atoms with Gasteiger partial charge in [0, 0.05) is 19.6 Å². The lowest BCUT2D eigenvalue weighted by atomic mass is 9.96. The highest BCUT2D eigenvalue weighted by atomic mass is 16.6. The molecule has 5 heteroatoms. The van der Waals surface area contributed by atoms with Crippen LogP contribution in [0.15, 0.2) is 11.6 Å². The Morgan fingerprint density at radius 2 is 1.18 bits per heavy atom. The molecule has 0 radical (unpaired) electrons. The van der Waals surface area contributed by atoms with Gasteiger partial charge in [-0.25, -0.2) is 0 Å². The predicted molar refractivity (Wildman–Crippen MR) is 197 cm³/mol. The third-order valence-corrected chi connectivity index (χ3v) is 8.87. The first-order chi connectivity index (χ1) is 21.8. The summed E-state index contributed by atoms with van der Waals surface area (Å²) in [6.45, 7) is 16.7. The number of carbonyl (C=O) groups is 1. The van der Waals surface area contributed by atoms with Crippen LogP contribution >= 0.6 is 0 Å². The summed E-state index contributed by atoms with van der Waals surface area (Å²) in [5.41, 5.74) is 1.54. The summed E-state index contributed by atoms with van der Waals surface area (Å²) in [4.78, 5) is 13.3. The molecule has 270 valence electrons. The van der Waals surface area contributed by atoms with Crippen LogP contribution in [0, 0.1) is 5.92 Å². The van der Waals surface area contributed by atoms with Crippen LogP contribution in [-0.2, 0) is 9.53 Å². The zero-order valence-corrected chi connectivity index (χ0v) is 31.4. The monoisotopic (exact) mass is 640 g/mol. The highest BCUT2D eigenvalue weighted by Gasteiger charge is 2.06. The Hall–Kier alpha value is -0.750. The Bertz CT molecular complexity index is 623. The number of hydrogen-bond donors (Lipinski definition) is 2. The maximum atomic E-state index is 10.9. The molecule has 0 spiro atoms. The van der Waals surface area contributed by atoms with E-state index in [9.17, 15) is 15.0 Å².